The average Bonchev–Trinajstić information content (AvgIpc) is 2.63. The minimum Gasteiger partial charge on any atom is -0.494 e. The van der Waals surface area contributed by atoms with Gasteiger partial charge < -0.3 is 19.5 Å². The van der Waals surface area contributed by atoms with Gasteiger partial charge in [0.15, 0.2) is 0 Å². The van der Waals surface area contributed by atoms with Crippen LogP contribution in [0.4, 0.5) is 0 Å². The predicted molar refractivity (Wildman–Crippen MR) is 93.4 cm³/mol. The van der Waals surface area contributed by atoms with Crippen molar-refractivity contribution >= 4 is 11.9 Å². The van der Waals surface area contributed by atoms with Crippen molar-refractivity contribution in [1.82, 2.24) is 9.88 Å². The number of aromatic carboxylic acids is 1. The summed E-state index contributed by atoms with van der Waals surface area (Å²) in [5.41, 5.74) is 0.190. The minimum absolute atomic E-state index is 0.00154. The predicted octanol–water partition coefficient (Wildman–Crippen LogP) is 2.09. The first-order valence-electron chi connectivity index (χ1n) is 8.41. The monoisotopic (exact) mass is 356 g/mol. The van der Waals surface area contributed by atoms with Crippen LogP contribution in [0.2, 0.25) is 0 Å². The Morgan fingerprint density at radius 3 is 2.65 bits per heavy atom. The van der Waals surface area contributed by atoms with Gasteiger partial charge in [-0.1, -0.05) is 18.2 Å². The summed E-state index contributed by atoms with van der Waals surface area (Å²) in [7, 11) is 0. The lowest BCUT2D eigenvalue weighted by molar-refractivity contribution is -0.0451. The van der Waals surface area contributed by atoms with E-state index in [0.717, 1.165) is 12.2 Å². The molecule has 0 radical (unpaired) electrons. The van der Waals surface area contributed by atoms with E-state index in [1.54, 1.807) is 4.90 Å². The Bertz CT molecular complexity index is 760. The molecule has 136 valence electrons. The van der Waals surface area contributed by atoms with E-state index in [4.69, 9.17) is 14.6 Å². The lowest BCUT2D eigenvalue weighted by Crippen LogP contribution is -2.55. The van der Waals surface area contributed by atoms with Crippen LogP contribution in [0.3, 0.4) is 0 Å². The number of nitrogens with zero attached hydrogens (tertiary/aromatic N) is 2. The molecule has 1 aromatic carbocycles. The summed E-state index contributed by atoms with van der Waals surface area (Å²) in [6, 6.07) is 12.2. The number of hydrogen-bond donors (Lipinski definition) is 1. The Balaban J connectivity index is 1.34. The van der Waals surface area contributed by atoms with Crippen molar-refractivity contribution in [2.45, 2.75) is 12.5 Å². The smallest absolute Gasteiger partial charge is 0.335 e. The van der Waals surface area contributed by atoms with Crippen LogP contribution >= 0.6 is 0 Å². The first-order valence-corrected chi connectivity index (χ1v) is 8.41. The van der Waals surface area contributed by atoms with E-state index in [1.165, 1.54) is 18.3 Å². The number of carboxylic acid groups (broad SMARTS) is 1. The molecule has 1 saturated heterocycles. The maximum atomic E-state index is 12.3. The molecule has 3 rings (SSSR count). The quantitative estimate of drug-likeness (QED) is 0.729. The molecule has 0 aliphatic carbocycles. The molecule has 1 N–H and O–H groups in total. The molecule has 1 aromatic heterocycles. The van der Waals surface area contributed by atoms with E-state index >= 15 is 0 Å². The van der Waals surface area contributed by atoms with E-state index in [2.05, 4.69) is 4.98 Å². The molecule has 1 aliphatic heterocycles. The van der Waals surface area contributed by atoms with E-state index < -0.39 is 5.97 Å². The molecule has 7 nitrogen and oxygen atoms in total. The van der Waals surface area contributed by atoms with Gasteiger partial charge in [-0.3, -0.25) is 9.78 Å². The number of para-hydroxylation sites is 1. The van der Waals surface area contributed by atoms with Crippen LogP contribution in [0, 0.1) is 0 Å². The number of likely N-dealkylation sites (tertiary alicyclic amines) is 1. The number of carbonyl (C=O) groups excluding carboxylic acids is 1. The van der Waals surface area contributed by atoms with E-state index in [-0.39, 0.29) is 23.3 Å². The van der Waals surface area contributed by atoms with Crippen LogP contribution in [0.25, 0.3) is 0 Å². The van der Waals surface area contributed by atoms with Crippen LogP contribution in [0.5, 0.6) is 5.75 Å². The van der Waals surface area contributed by atoms with Gasteiger partial charge in [-0.05, 0) is 24.3 Å². The molecule has 2 aromatic rings. The number of pyridine rings is 1. The number of amides is 1. The van der Waals surface area contributed by atoms with Crippen molar-refractivity contribution in [3.8, 4) is 5.75 Å². The second kappa shape index (κ2) is 8.44. The Kier molecular flexibility index (Phi) is 5.80. The Morgan fingerprint density at radius 1 is 1.15 bits per heavy atom. The number of benzene rings is 1. The maximum Gasteiger partial charge on any atom is 0.335 e. The molecule has 1 aliphatic rings. The van der Waals surface area contributed by atoms with E-state index in [0.29, 0.717) is 26.3 Å². The van der Waals surface area contributed by atoms with E-state index in [9.17, 15) is 9.59 Å². The number of rotatable bonds is 8. The number of aromatic nitrogens is 1. The normalized spacial score (nSPS) is 13.9. The molecule has 0 unspecified atom stereocenters. The fourth-order valence-corrected chi connectivity index (χ4v) is 2.57. The molecule has 7 heteroatoms. The molecule has 0 atom stereocenters. The van der Waals surface area contributed by atoms with Crippen LogP contribution in [0.1, 0.15) is 27.3 Å². The average molecular weight is 356 g/mol. The van der Waals surface area contributed by atoms with Gasteiger partial charge in [-0.15, -0.1) is 0 Å². The summed E-state index contributed by atoms with van der Waals surface area (Å²) in [6.45, 7) is 2.10. The number of carboxylic acids is 1. The fourth-order valence-electron chi connectivity index (χ4n) is 2.57. The summed E-state index contributed by atoms with van der Waals surface area (Å²) >= 11 is 0. The summed E-state index contributed by atoms with van der Waals surface area (Å²) in [4.78, 5) is 28.8. The highest BCUT2D eigenvalue weighted by molar-refractivity contribution is 5.96. The summed E-state index contributed by atoms with van der Waals surface area (Å²) in [6.07, 6.45) is 2.09. The third kappa shape index (κ3) is 4.58. The summed E-state index contributed by atoms with van der Waals surface area (Å²) < 4.78 is 11.3. The highest BCUT2D eigenvalue weighted by atomic mass is 16.5. The van der Waals surface area contributed by atoms with E-state index in [1.807, 2.05) is 30.3 Å². The highest BCUT2D eigenvalue weighted by Crippen LogP contribution is 2.16. The summed E-state index contributed by atoms with van der Waals surface area (Å²) in [5, 5.41) is 8.97. The molecule has 26 heavy (non-hydrogen) atoms. The zero-order chi connectivity index (χ0) is 18.4. The van der Waals surface area contributed by atoms with Crippen molar-refractivity contribution in [2.24, 2.45) is 0 Å². The standard InChI is InChI=1S/C19H20N2O5/c22-18(17-11-14(19(23)24)7-8-20-17)21-12-16(13-21)26-10-4-9-25-15-5-2-1-3-6-15/h1-3,5-8,11,16H,4,9-10,12-13H2,(H,23,24). The molecule has 0 bridgehead atoms. The first kappa shape index (κ1) is 17.9. The van der Waals surface area contributed by atoms with Crippen LogP contribution in [0.15, 0.2) is 48.7 Å². The topological polar surface area (TPSA) is 89.0 Å². The van der Waals surface area contributed by atoms with Crippen molar-refractivity contribution in [1.29, 1.82) is 0 Å². The molecular weight excluding hydrogens is 336 g/mol. The number of hydrogen-bond acceptors (Lipinski definition) is 5. The molecule has 0 spiro atoms. The van der Waals surface area contributed by atoms with Crippen molar-refractivity contribution in [3.05, 3.63) is 59.9 Å². The van der Waals surface area contributed by atoms with Crippen molar-refractivity contribution in [2.75, 3.05) is 26.3 Å². The fraction of sp³-hybridized carbons (Fsp3) is 0.316. The van der Waals surface area contributed by atoms with Gasteiger partial charge in [0.2, 0.25) is 0 Å². The maximum absolute atomic E-state index is 12.3. The lowest BCUT2D eigenvalue weighted by atomic mass is 10.1. The third-order valence-corrected chi connectivity index (χ3v) is 4.02. The largest absolute Gasteiger partial charge is 0.494 e. The molecule has 1 amide bonds. The molecule has 0 saturated carbocycles. The van der Waals surface area contributed by atoms with Crippen molar-refractivity contribution in [3.63, 3.8) is 0 Å². The van der Waals surface area contributed by atoms with Crippen LogP contribution < -0.4 is 4.74 Å². The second-order valence-corrected chi connectivity index (χ2v) is 5.95. The van der Waals surface area contributed by atoms with Crippen molar-refractivity contribution < 1.29 is 24.2 Å². The second-order valence-electron chi connectivity index (χ2n) is 5.95. The Hall–Kier alpha value is -2.93. The van der Waals surface area contributed by atoms with Gasteiger partial charge in [0, 0.05) is 25.7 Å². The SMILES string of the molecule is O=C(O)c1ccnc(C(=O)N2CC(OCCCOc3ccccc3)C2)c1. The number of carbonyl (C=O) groups is 2. The molecular formula is C19H20N2O5. The Labute approximate surface area is 151 Å². The zero-order valence-corrected chi connectivity index (χ0v) is 14.2. The van der Waals surface area contributed by atoms with Gasteiger partial charge in [-0.25, -0.2) is 4.79 Å². The lowest BCUT2D eigenvalue weighted by Gasteiger charge is -2.38. The van der Waals surface area contributed by atoms with Gasteiger partial charge in [0.1, 0.15) is 11.4 Å². The van der Waals surface area contributed by atoms with Gasteiger partial charge in [-0.2, -0.15) is 0 Å². The zero-order valence-electron chi connectivity index (χ0n) is 14.2. The first-order chi connectivity index (χ1) is 12.6. The highest BCUT2D eigenvalue weighted by Gasteiger charge is 2.32. The molecule has 2 heterocycles. The number of ether oxygens (including phenoxy) is 2. The third-order valence-electron chi connectivity index (χ3n) is 4.02. The van der Waals surface area contributed by atoms with Crippen LogP contribution in [-0.2, 0) is 4.74 Å². The van der Waals surface area contributed by atoms with Gasteiger partial charge >= 0.3 is 5.97 Å². The van der Waals surface area contributed by atoms with Gasteiger partial charge in [0.25, 0.3) is 5.91 Å². The summed E-state index contributed by atoms with van der Waals surface area (Å²) in [5.74, 6) is -0.520. The van der Waals surface area contributed by atoms with Gasteiger partial charge in [0.05, 0.1) is 24.9 Å². The minimum atomic E-state index is -1.08. The Morgan fingerprint density at radius 2 is 1.92 bits per heavy atom. The van der Waals surface area contributed by atoms with Crippen LogP contribution in [-0.4, -0.2) is 59.3 Å². The molecule has 1 fully saturated rings.